The molecular formula is C37H29N3O. The Kier molecular flexibility index (Phi) is 5.70. The van der Waals surface area contributed by atoms with Crippen LogP contribution in [0.25, 0.3) is 27.2 Å². The molecule has 5 aromatic rings. The third-order valence-corrected chi connectivity index (χ3v) is 8.26. The van der Waals surface area contributed by atoms with Crippen molar-refractivity contribution in [1.82, 2.24) is 5.32 Å². The molecule has 2 heterocycles. The number of nitrogens with one attached hydrogen (secondary N) is 2. The van der Waals surface area contributed by atoms with Crippen LogP contribution < -0.4 is 15.4 Å². The largest absolute Gasteiger partial charge is 0.468 e. The van der Waals surface area contributed by atoms with E-state index in [1.165, 1.54) is 27.1 Å². The normalized spacial score (nSPS) is 21.0. The van der Waals surface area contributed by atoms with Gasteiger partial charge in [-0.1, -0.05) is 115 Å². The Balaban J connectivity index is 1.20. The summed E-state index contributed by atoms with van der Waals surface area (Å²) in [5.41, 5.74) is 5.44. The number of fused-ring (bicyclic) bond motifs is 5. The zero-order valence-electron chi connectivity index (χ0n) is 22.5. The summed E-state index contributed by atoms with van der Waals surface area (Å²) in [6, 6.07) is 36.3. The van der Waals surface area contributed by atoms with Crippen LogP contribution in [0.2, 0.25) is 0 Å². The van der Waals surface area contributed by atoms with Gasteiger partial charge in [0.2, 0.25) is 0 Å². The lowest BCUT2D eigenvalue weighted by Gasteiger charge is -2.24. The van der Waals surface area contributed by atoms with Crippen LogP contribution in [0.1, 0.15) is 29.2 Å². The molecule has 1 aliphatic carbocycles. The van der Waals surface area contributed by atoms with Gasteiger partial charge >= 0.3 is 0 Å². The molecule has 0 saturated carbocycles. The Hall–Kier alpha value is -5.09. The van der Waals surface area contributed by atoms with Gasteiger partial charge in [-0.05, 0) is 51.9 Å². The number of anilines is 1. The fraction of sp³-hybridized carbons (Fsp3) is 0.108. The van der Waals surface area contributed by atoms with Crippen LogP contribution in [0.5, 0.6) is 5.75 Å². The standard InChI is InChI=1S/C37H29N3O/c1-4-10-24(11-5-1)31-23-32(25-12-6-2-7-13-25)39-36(38-31)29-18-20-30-28(22-29)17-16-26-19-21-33-35(34(26)30)40-37(41-33)27-14-8-3-9-15-27/h1-14,16-23,27,31,37,40H,15H2,(H,38,39). The van der Waals surface area contributed by atoms with Gasteiger partial charge in [0, 0.05) is 16.9 Å². The number of allylic oxidation sites excluding steroid dienone is 3. The minimum absolute atomic E-state index is 0.0245. The molecule has 0 bridgehead atoms. The van der Waals surface area contributed by atoms with Crippen molar-refractivity contribution in [2.75, 3.05) is 5.32 Å². The number of ether oxygens (including phenoxy) is 1. The molecule has 0 amide bonds. The monoisotopic (exact) mass is 531 g/mol. The van der Waals surface area contributed by atoms with Gasteiger partial charge in [-0.2, -0.15) is 0 Å². The van der Waals surface area contributed by atoms with E-state index in [4.69, 9.17) is 9.73 Å². The zero-order chi connectivity index (χ0) is 27.2. The summed E-state index contributed by atoms with van der Waals surface area (Å²) in [5.74, 6) is 2.10. The first-order valence-corrected chi connectivity index (χ1v) is 14.2. The average molecular weight is 532 g/mol. The van der Waals surface area contributed by atoms with E-state index in [2.05, 4.69) is 138 Å². The fourth-order valence-electron chi connectivity index (χ4n) is 6.15. The van der Waals surface area contributed by atoms with Crippen molar-refractivity contribution in [3.63, 3.8) is 0 Å². The first kappa shape index (κ1) is 23.8. The van der Waals surface area contributed by atoms with Crippen molar-refractivity contribution in [2.24, 2.45) is 10.9 Å². The maximum atomic E-state index is 6.40. The van der Waals surface area contributed by atoms with Gasteiger partial charge in [-0.25, -0.2) is 4.99 Å². The van der Waals surface area contributed by atoms with Gasteiger partial charge < -0.3 is 15.4 Å². The molecule has 3 aliphatic rings. The molecule has 2 N–H and O–H groups in total. The van der Waals surface area contributed by atoms with Crippen molar-refractivity contribution in [3.05, 3.63) is 150 Å². The van der Waals surface area contributed by atoms with E-state index in [9.17, 15) is 0 Å². The van der Waals surface area contributed by atoms with E-state index in [0.29, 0.717) is 5.92 Å². The third kappa shape index (κ3) is 4.29. The molecule has 0 radical (unpaired) electrons. The second kappa shape index (κ2) is 9.83. The Bertz CT molecular complexity index is 1900. The van der Waals surface area contributed by atoms with Crippen molar-refractivity contribution < 1.29 is 4.74 Å². The average Bonchev–Trinajstić information content (AvgIpc) is 3.50. The number of aliphatic imine (C=N–C) groups is 1. The highest BCUT2D eigenvalue weighted by atomic mass is 16.5. The second-order valence-corrected chi connectivity index (χ2v) is 10.8. The van der Waals surface area contributed by atoms with Crippen LogP contribution in [-0.4, -0.2) is 12.1 Å². The van der Waals surface area contributed by atoms with Crippen molar-refractivity contribution in [3.8, 4) is 5.75 Å². The van der Waals surface area contributed by atoms with Gasteiger partial charge in [0.1, 0.15) is 11.6 Å². The molecule has 4 nitrogen and oxygen atoms in total. The predicted molar refractivity (Wildman–Crippen MR) is 169 cm³/mol. The number of hydrogen-bond donors (Lipinski definition) is 2. The predicted octanol–water partition coefficient (Wildman–Crippen LogP) is 8.39. The number of amidine groups is 1. The number of rotatable bonds is 4. The van der Waals surface area contributed by atoms with E-state index < -0.39 is 0 Å². The van der Waals surface area contributed by atoms with Crippen LogP contribution in [0.3, 0.4) is 0 Å². The minimum Gasteiger partial charge on any atom is -0.468 e. The van der Waals surface area contributed by atoms with E-state index in [-0.39, 0.29) is 12.3 Å². The highest BCUT2D eigenvalue weighted by Gasteiger charge is 2.30. The molecule has 0 aromatic heterocycles. The highest BCUT2D eigenvalue weighted by molar-refractivity contribution is 6.16. The van der Waals surface area contributed by atoms with E-state index in [1.54, 1.807) is 0 Å². The Labute approximate surface area is 239 Å². The van der Waals surface area contributed by atoms with Crippen LogP contribution in [-0.2, 0) is 0 Å². The van der Waals surface area contributed by atoms with Gasteiger partial charge in [0.25, 0.3) is 0 Å². The van der Waals surface area contributed by atoms with Gasteiger partial charge in [-0.3, -0.25) is 0 Å². The van der Waals surface area contributed by atoms with Crippen LogP contribution in [0.4, 0.5) is 5.69 Å². The van der Waals surface area contributed by atoms with Crippen molar-refractivity contribution in [2.45, 2.75) is 18.7 Å². The molecule has 3 unspecified atom stereocenters. The van der Waals surface area contributed by atoms with Crippen LogP contribution in [0, 0.1) is 5.92 Å². The van der Waals surface area contributed by atoms with E-state index in [0.717, 1.165) is 40.5 Å². The summed E-state index contributed by atoms with van der Waals surface area (Å²) in [4.78, 5) is 5.11. The molecule has 41 heavy (non-hydrogen) atoms. The summed E-state index contributed by atoms with van der Waals surface area (Å²) in [5, 5.41) is 12.2. The number of benzene rings is 5. The lowest BCUT2D eigenvalue weighted by Crippen LogP contribution is -2.31. The molecule has 0 spiro atoms. The zero-order valence-corrected chi connectivity index (χ0v) is 22.5. The third-order valence-electron chi connectivity index (χ3n) is 8.26. The summed E-state index contributed by atoms with van der Waals surface area (Å²) < 4.78 is 6.40. The van der Waals surface area contributed by atoms with Crippen LogP contribution >= 0.6 is 0 Å². The molecule has 0 fully saturated rings. The molecule has 2 aliphatic heterocycles. The van der Waals surface area contributed by atoms with Crippen LogP contribution in [0.15, 0.2) is 139 Å². The maximum absolute atomic E-state index is 6.40. The highest BCUT2D eigenvalue weighted by Crippen LogP contribution is 2.44. The van der Waals surface area contributed by atoms with Gasteiger partial charge in [0.05, 0.1) is 17.4 Å². The first-order chi connectivity index (χ1) is 20.3. The molecule has 3 atom stereocenters. The Morgan fingerprint density at radius 3 is 2.37 bits per heavy atom. The molecule has 198 valence electrons. The lowest BCUT2D eigenvalue weighted by molar-refractivity contribution is 0.204. The van der Waals surface area contributed by atoms with Crippen molar-refractivity contribution in [1.29, 1.82) is 0 Å². The quantitative estimate of drug-likeness (QED) is 0.229. The maximum Gasteiger partial charge on any atom is 0.176 e. The summed E-state index contributed by atoms with van der Waals surface area (Å²) in [7, 11) is 0. The van der Waals surface area contributed by atoms with Gasteiger partial charge in [-0.15, -0.1) is 0 Å². The smallest absolute Gasteiger partial charge is 0.176 e. The summed E-state index contributed by atoms with van der Waals surface area (Å²) in [6.45, 7) is 0. The Morgan fingerprint density at radius 2 is 1.54 bits per heavy atom. The summed E-state index contributed by atoms with van der Waals surface area (Å²) in [6.07, 6.45) is 11.8. The van der Waals surface area contributed by atoms with Gasteiger partial charge in [0.15, 0.2) is 6.23 Å². The SMILES string of the molecule is C1=CCC(C2Nc3c(ccc4ccc5cc(C6=NC(c7ccccc7)=CC(c7ccccc7)N6)ccc5c34)O2)C=C1. The molecular weight excluding hydrogens is 502 g/mol. The number of hydrogen-bond acceptors (Lipinski definition) is 4. The molecule has 0 saturated heterocycles. The number of nitrogens with zero attached hydrogens (tertiary/aromatic N) is 1. The lowest BCUT2D eigenvalue weighted by atomic mass is 9.96. The second-order valence-electron chi connectivity index (χ2n) is 10.8. The molecule has 8 rings (SSSR count). The molecule has 5 aromatic carbocycles. The minimum atomic E-state index is -0.0646. The summed E-state index contributed by atoms with van der Waals surface area (Å²) >= 11 is 0. The Morgan fingerprint density at radius 1 is 0.732 bits per heavy atom. The van der Waals surface area contributed by atoms with Crippen molar-refractivity contribution >= 4 is 38.8 Å². The molecule has 4 heteroatoms. The first-order valence-electron chi connectivity index (χ1n) is 14.2. The van der Waals surface area contributed by atoms with E-state index in [1.807, 2.05) is 6.07 Å². The van der Waals surface area contributed by atoms with E-state index >= 15 is 0 Å². The fourth-order valence-corrected chi connectivity index (χ4v) is 6.15. The topological polar surface area (TPSA) is 45.7 Å².